The van der Waals surface area contributed by atoms with Gasteiger partial charge in [-0.2, -0.15) is 0 Å². The predicted octanol–water partition coefficient (Wildman–Crippen LogP) is 1.03. The highest BCUT2D eigenvalue weighted by Crippen LogP contribution is 2.24. The molecule has 4 rings (SSSR count). The van der Waals surface area contributed by atoms with Crippen LogP contribution < -0.4 is 31.3 Å². The average Bonchev–Trinajstić information content (AvgIpc) is 3.55. The van der Waals surface area contributed by atoms with E-state index in [1.165, 1.54) is 19.1 Å². The summed E-state index contributed by atoms with van der Waals surface area (Å²) in [6.07, 6.45) is 1.68. The maximum Gasteiger partial charge on any atom is 0.255 e. The molecule has 2 bridgehead atoms. The lowest BCUT2D eigenvalue weighted by Gasteiger charge is -2.25. The number of aliphatic hydroxyl groups is 1. The maximum atomic E-state index is 13.4. The molecule has 0 aliphatic carbocycles. The standard InChI is InChI=1S/C34H43ClN8O7/c1-3-8-26-32(47)36-14-13-29(45)40-30(21(2)44)34(49)39-27(17-22-9-5-4-6-10-22)33(48)37-19-24-20-43(42-41-24)15-7-16-50-28-18-23(35)11-12-25(28)31(46)38-26/h4-6,9-12,18,20-21,26-27,30,44H,3,7-8,13-17,19H2,1-2H3,(H,36,47)(H,37,48)(H,38,46)(H,39,49)(H,40,45)/t21-,26+,27-,30+/m1/s1. The number of amides is 5. The number of aryl methyl sites for hydroxylation is 1. The molecule has 0 radical (unpaired) electrons. The van der Waals surface area contributed by atoms with E-state index in [2.05, 4.69) is 36.9 Å². The molecule has 4 atom stereocenters. The summed E-state index contributed by atoms with van der Waals surface area (Å²) in [7, 11) is 0. The Bertz CT molecular complexity index is 1630. The van der Waals surface area contributed by atoms with Crippen molar-refractivity contribution in [3.63, 3.8) is 0 Å². The number of hydrogen-bond acceptors (Lipinski definition) is 9. The highest BCUT2D eigenvalue weighted by Gasteiger charge is 2.30. The van der Waals surface area contributed by atoms with Crippen LogP contribution in [-0.4, -0.2) is 87.0 Å². The zero-order valence-corrected chi connectivity index (χ0v) is 28.7. The van der Waals surface area contributed by atoms with Gasteiger partial charge < -0.3 is 36.4 Å². The molecule has 268 valence electrons. The Balaban J connectivity index is 1.56. The van der Waals surface area contributed by atoms with Crippen molar-refractivity contribution < 1.29 is 33.8 Å². The number of aromatic nitrogens is 3. The molecule has 1 aromatic heterocycles. The largest absolute Gasteiger partial charge is 0.493 e. The van der Waals surface area contributed by atoms with Gasteiger partial charge in [0.1, 0.15) is 29.6 Å². The van der Waals surface area contributed by atoms with E-state index in [-0.39, 0.29) is 43.9 Å². The van der Waals surface area contributed by atoms with E-state index in [1.807, 2.05) is 37.3 Å². The number of carbonyl (C=O) groups excluding carboxylic acids is 5. The Labute approximate surface area is 294 Å². The van der Waals surface area contributed by atoms with Crippen molar-refractivity contribution in [2.75, 3.05) is 13.2 Å². The van der Waals surface area contributed by atoms with Crippen molar-refractivity contribution in [3.05, 3.63) is 76.6 Å². The number of nitrogens with zero attached hydrogens (tertiary/aromatic N) is 3. The summed E-state index contributed by atoms with van der Waals surface area (Å²) in [4.78, 5) is 66.0. The summed E-state index contributed by atoms with van der Waals surface area (Å²) in [5.41, 5.74) is 1.45. The highest BCUT2D eigenvalue weighted by molar-refractivity contribution is 6.30. The molecule has 1 aliphatic rings. The number of carbonyl (C=O) groups is 5. The molecule has 1 aliphatic heterocycles. The minimum atomic E-state index is -1.39. The molecule has 5 amide bonds. The van der Waals surface area contributed by atoms with Crippen LogP contribution in [0.1, 0.15) is 61.1 Å². The van der Waals surface area contributed by atoms with Gasteiger partial charge in [0, 0.05) is 37.4 Å². The molecule has 2 aromatic carbocycles. The second-order valence-corrected chi connectivity index (χ2v) is 12.4. The lowest BCUT2D eigenvalue weighted by Crippen LogP contribution is -2.57. The minimum absolute atomic E-state index is 0.0266. The molecule has 0 saturated heterocycles. The fraction of sp³-hybridized carbons (Fsp3) is 0.441. The van der Waals surface area contributed by atoms with Gasteiger partial charge in [-0.3, -0.25) is 28.7 Å². The van der Waals surface area contributed by atoms with E-state index in [0.29, 0.717) is 36.5 Å². The van der Waals surface area contributed by atoms with Gasteiger partial charge in [0.15, 0.2) is 0 Å². The Morgan fingerprint density at radius 1 is 0.980 bits per heavy atom. The first-order valence-electron chi connectivity index (χ1n) is 16.5. The summed E-state index contributed by atoms with van der Waals surface area (Å²) in [5.74, 6) is -2.68. The molecule has 0 spiro atoms. The maximum absolute atomic E-state index is 13.4. The van der Waals surface area contributed by atoms with Crippen molar-refractivity contribution in [2.24, 2.45) is 0 Å². The van der Waals surface area contributed by atoms with Crippen LogP contribution in [0.5, 0.6) is 5.75 Å². The lowest BCUT2D eigenvalue weighted by atomic mass is 10.0. The molecule has 50 heavy (non-hydrogen) atoms. The Morgan fingerprint density at radius 2 is 1.74 bits per heavy atom. The van der Waals surface area contributed by atoms with E-state index >= 15 is 0 Å². The second kappa shape index (κ2) is 18.7. The van der Waals surface area contributed by atoms with E-state index < -0.39 is 53.8 Å². The van der Waals surface area contributed by atoms with Crippen LogP contribution in [0.4, 0.5) is 0 Å². The molecule has 2 heterocycles. The van der Waals surface area contributed by atoms with E-state index in [9.17, 15) is 29.1 Å². The topological polar surface area (TPSA) is 206 Å². The van der Waals surface area contributed by atoms with Crippen LogP contribution in [0, 0.1) is 0 Å². The number of fused-ring (bicyclic) bond motifs is 3. The zero-order valence-electron chi connectivity index (χ0n) is 28.0. The van der Waals surface area contributed by atoms with Crippen LogP contribution in [0.2, 0.25) is 5.02 Å². The summed E-state index contributed by atoms with van der Waals surface area (Å²) in [6, 6.07) is 10.3. The summed E-state index contributed by atoms with van der Waals surface area (Å²) < 4.78 is 7.51. The lowest BCUT2D eigenvalue weighted by molar-refractivity contribution is -0.134. The average molecular weight is 711 g/mol. The van der Waals surface area contributed by atoms with Crippen molar-refractivity contribution in [3.8, 4) is 5.75 Å². The van der Waals surface area contributed by atoms with Gasteiger partial charge in [-0.25, -0.2) is 0 Å². The minimum Gasteiger partial charge on any atom is -0.493 e. The molecule has 0 unspecified atom stereocenters. The van der Waals surface area contributed by atoms with Crippen molar-refractivity contribution >= 4 is 41.1 Å². The third kappa shape index (κ3) is 11.3. The fourth-order valence-corrected chi connectivity index (χ4v) is 5.39. The zero-order chi connectivity index (χ0) is 36.0. The van der Waals surface area contributed by atoms with Gasteiger partial charge in [0.25, 0.3) is 5.91 Å². The second-order valence-electron chi connectivity index (χ2n) is 11.9. The number of rotatable bonds is 5. The molecule has 3 aromatic rings. The fourth-order valence-electron chi connectivity index (χ4n) is 5.23. The van der Waals surface area contributed by atoms with E-state index in [1.54, 1.807) is 16.9 Å². The monoisotopic (exact) mass is 710 g/mol. The van der Waals surface area contributed by atoms with Crippen LogP contribution in [0.25, 0.3) is 0 Å². The van der Waals surface area contributed by atoms with Crippen molar-refractivity contribution in [1.29, 1.82) is 0 Å². The predicted molar refractivity (Wildman–Crippen MR) is 183 cm³/mol. The molecule has 15 nitrogen and oxygen atoms in total. The number of nitrogens with one attached hydrogen (secondary N) is 5. The molecule has 16 heteroatoms. The van der Waals surface area contributed by atoms with Crippen LogP contribution in [0.15, 0.2) is 54.7 Å². The third-order valence-electron chi connectivity index (χ3n) is 7.85. The van der Waals surface area contributed by atoms with Gasteiger partial charge in [-0.15, -0.1) is 5.10 Å². The number of hydrogen-bond donors (Lipinski definition) is 6. The number of halogens is 1. The van der Waals surface area contributed by atoms with Gasteiger partial charge in [-0.1, -0.05) is 60.5 Å². The third-order valence-corrected chi connectivity index (χ3v) is 8.09. The molecule has 0 saturated carbocycles. The molecular weight excluding hydrogens is 668 g/mol. The molecule has 0 fully saturated rings. The first-order valence-corrected chi connectivity index (χ1v) is 16.9. The summed E-state index contributed by atoms with van der Waals surface area (Å²) >= 11 is 6.20. The first-order chi connectivity index (χ1) is 24.0. The highest BCUT2D eigenvalue weighted by atomic mass is 35.5. The summed E-state index contributed by atoms with van der Waals surface area (Å²) in [5, 5.41) is 32.4. The van der Waals surface area contributed by atoms with E-state index in [0.717, 1.165) is 5.56 Å². The van der Waals surface area contributed by atoms with Crippen LogP contribution >= 0.6 is 11.6 Å². The smallest absolute Gasteiger partial charge is 0.255 e. The normalized spacial score (nSPS) is 21.0. The van der Waals surface area contributed by atoms with Gasteiger partial charge in [0.2, 0.25) is 23.6 Å². The van der Waals surface area contributed by atoms with Gasteiger partial charge >= 0.3 is 0 Å². The Kier molecular flexibility index (Phi) is 14.1. The van der Waals surface area contributed by atoms with Crippen molar-refractivity contribution in [1.82, 2.24) is 41.6 Å². The van der Waals surface area contributed by atoms with Gasteiger partial charge in [-0.05, 0) is 37.1 Å². The molecule has 6 N–H and O–H groups in total. The van der Waals surface area contributed by atoms with Crippen molar-refractivity contribution in [2.45, 2.75) is 83.3 Å². The number of benzene rings is 2. The van der Waals surface area contributed by atoms with Gasteiger partial charge in [0.05, 0.1) is 31.0 Å². The first kappa shape index (κ1) is 37.8. The Hall–Kier alpha value is -5.02. The number of aliphatic hydroxyl groups excluding tert-OH is 1. The van der Waals surface area contributed by atoms with E-state index in [4.69, 9.17) is 16.3 Å². The summed E-state index contributed by atoms with van der Waals surface area (Å²) in [6.45, 7) is 3.76. The van der Waals surface area contributed by atoms with Crippen LogP contribution in [0.3, 0.4) is 0 Å². The quantitative estimate of drug-likeness (QED) is 0.223. The SMILES string of the molecule is CCC[C@@H]1NC(=O)c2ccc(Cl)cc2OCCCn2cc(nn2)CNC(=O)[C@@H](Cc2ccccc2)NC(=O)[C@H]([C@@H](C)O)NC(=O)CCNC1=O. The Morgan fingerprint density at radius 3 is 2.48 bits per heavy atom. The number of ether oxygens (including phenoxy) is 1. The van der Waals surface area contributed by atoms with Crippen LogP contribution in [-0.2, 0) is 38.7 Å². The molecular formula is C34H43ClN8O7.